The van der Waals surface area contributed by atoms with Crippen molar-refractivity contribution < 1.29 is 27.5 Å². The quantitative estimate of drug-likeness (QED) is 0.859. The molecular formula is C17H15F3N2O3. The summed E-state index contributed by atoms with van der Waals surface area (Å²) in [6, 6.07) is 10.0. The van der Waals surface area contributed by atoms with Gasteiger partial charge in [0.15, 0.2) is 0 Å². The van der Waals surface area contributed by atoms with Crippen LogP contribution in [0.2, 0.25) is 0 Å². The highest BCUT2D eigenvalue weighted by atomic mass is 19.4. The molecule has 2 rings (SSSR count). The first kappa shape index (κ1) is 18.3. The molecule has 0 fully saturated rings. The maximum Gasteiger partial charge on any atom is 0.416 e. The molecule has 2 amide bonds. The van der Waals surface area contributed by atoms with Gasteiger partial charge in [-0.05, 0) is 49.4 Å². The van der Waals surface area contributed by atoms with Gasteiger partial charge in [0.2, 0.25) is 0 Å². The van der Waals surface area contributed by atoms with E-state index in [1.165, 1.54) is 30.3 Å². The monoisotopic (exact) mass is 352 g/mol. The molecular weight excluding hydrogens is 337 g/mol. The summed E-state index contributed by atoms with van der Waals surface area (Å²) in [4.78, 5) is 24.3. The molecule has 0 unspecified atom stereocenters. The number of nitrogens with zero attached hydrogens (tertiary/aromatic N) is 1. The van der Waals surface area contributed by atoms with Crippen LogP contribution in [-0.2, 0) is 15.8 Å². The number of hydrogen-bond acceptors (Lipinski definition) is 3. The minimum absolute atomic E-state index is 0.122. The van der Waals surface area contributed by atoms with Crippen molar-refractivity contribution in [1.82, 2.24) is 0 Å². The number of primary amides is 1. The third-order valence-corrected chi connectivity index (χ3v) is 3.25. The van der Waals surface area contributed by atoms with E-state index in [2.05, 4.69) is 0 Å². The van der Waals surface area contributed by atoms with Crippen molar-refractivity contribution in [3.05, 3.63) is 54.1 Å². The summed E-state index contributed by atoms with van der Waals surface area (Å²) in [5.74, 6) is -1.92. The molecule has 0 aromatic heterocycles. The van der Waals surface area contributed by atoms with Crippen LogP contribution in [0.15, 0.2) is 48.5 Å². The van der Waals surface area contributed by atoms with Crippen molar-refractivity contribution in [2.45, 2.75) is 13.1 Å². The number of nitrogens with two attached hydrogens (primary N) is 1. The fourth-order valence-electron chi connectivity index (χ4n) is 2.17. The van der Waals surface area contributed by atoms with Crippen LogP contribution in [0.1, 0.15) is 12.5 Å². The molecule has 2 aromatic carbocycles. The van der Waals surface area contributed by atoms with Crippen LogP contribution < -0.4 is 15.4 Å². The normalized spacial score (nSPS) is 11.0. The topological polar surface area (TPSA) is 72.6 Å². The SMILES string of the molecule is CCOc1ccc(N(C(=O)C(N)=O)c2cccc(C(F)(F)F)c2)cc1. The summed E-state index contributed by atoms with van der Waals surface area (Å²) < 4.78 is 44.0. The predicted molar refractivity (Wildman–Crippen MR) is 85.4 cm³/mol. The summed E-state index contributed by atoms with van der Waals surface area (Å²) in [7, 11) is 0. The van der Waals surface area contributed by atoms with Gasteiger partial charge in [0.05, 0.1) is 12.2 Å². The van der Waals surface area contributed by atoms with Gasteiger partial charge in [-0.2, -0.15) is 13.2 Å². The van der Waals surface area contributed by atoms with Gasteiger partial charge in [0.1, 0.15) is 5.75 Å². The molecule has 132 valence electrons. The molecule has 0 bridgehead atoms. The molecule has 0 aliphatic rings. The van der Waals surface area contributed by atoms with Crippen LogP contribution in [0.3, 0.4) is 0 Å². The van der Waals surface area contributed by atoms with E-state index < -0.39 is 23.6 Å². The Bertz CT molecular complexity index is 773. The van der Waals surface area contributed by atoms with Crippen molar-refractivity contribution >= 4 is 23.2 Å². The van der Waals surface area contributed by atoms with E-state index in [0.717, 1.165) is 23.1 Å². The maximum absolute atomic E-state index is 12.9. The van der Waals surface area contributed by atoms with Gasteiger partial charge < -0.3 is 10.5 Å². The first-order valence-corrected chi connectivity index (χ1v) is 7.28. The van der Waals surface area contributed by atoms with Crippen LogP contribution in [0.25, 0.3) is 0 Å². The number of ether oxygens (including phenoxy) is 1. The molecule has 0 aliphatic carbocycles. The average Bonchev–Trinajstić information content (AvgIpc) is 2.56. The highest BCUT2D eigenvalue weighted by molar-refractivity contribution is 6.41. The average molecular weight is 352 g/mol. The minimum Gasteiger partial charge on any atom is -0.494 e. The fraction of sp³-hybridized carbons (Fsp3) is 0.176. The number of anilines is 2. The van der Waals surface area contributed by atoms with Crippen LogP contribution in [0.4, 0.5) is 24.5 Å². The number of rotatable bonds is 4. The van der Waals surface area contributed by atoms with E-state index in [-0.39, 0.29) is 11.4 Å². The Hall–Kier alpha value is -3.03. The van der Waals surface area contributed by atoms with Crippen molar-refractivity contribution in [1.29, 1.82) is 0 Å². The van der Waals surface area contributed by atoms with E-state index in [1.807, 2.05) is 0 Å². The molecule has 0 atom stereocenters. The largest absolute Gasteiger partial charge is 0.494 e. The lowest BCUT2D eigenvalue weighted by Crippen LogP contribution is -2.37. The second-order valence-electron chi connectivity index (χ2n) is 4.98. The Kier molecular flexibility index (Phi) is 5.31. The van der Waals surface area contributed by atoms with Crippen LogP contribution in [-0.4, -0.2) is 18.4 Å². The first-order chi connectivity index (χ1) is 11.7. The van der Waals surface area contributed by atoms with E-state index in [1.54, 1.807) is 6.92 Å². The summed E-state index contributed by atoms with van der Waals surface area (Å²) >= 11 is 0. The number of halogens is 3. The van der Waals surface area contributed by atoms with E-state index >= 15 is 0 Å². The number of amides is 2. The Morgan fingerprint density at radius 1 is 1.08 bits per heavy atom. The lowest BCUT2D eigenvalue weighted by atomic mass is 10.1. The van der Waals surface area contributed by atoms with Gasteiger partial charge in [-0.15, -0.1) is 0 Å². The standard InChI is InChI=1S/C17H15F3N2O3/c1-2-25-14-8-6-12(7-9-14)22(16(24)15(21)23)13-5-3-4-11(10-13)17(18,19)20/h3-10H,2H2,1H3,(H2,21,23). The van der Waals surface area contributed by atoms with Gasteiger partial charge in [0.25, 0.3) is 0 Å². The van der Waals surface area contributed by atoms with Gasteiger partial charge in [-0.3, -0.25) is 14.5 Å². The predicted octanol–water partition coefficient (Wildman–Crippen LogP) is 3.25. The molecule has 0 radical (unpaired) electrons. The first-order valence-electron chi connectivity index (χ1n) is 7.28. The zero-order chi connectivity index (χ0) is 18.6. The molecule has 0 heterocycles. The molecule has 0 saturated carbocycles. The number of benzene rings is 2. The van der Waals surface area contributed by atoms with E-state index in [9.17, 15) is 22.8 Å². The zero-order valence-corrected chi connectivity index (χ0v) is 13.2. The van der Waals surface area contributed by atoms with Crippen molar-refractivity contribution in [3.63, 3.8) is 0 Å². The minimum atomic E-state index is -4.59. The number of alkyl halides is 3. The fourth-order valence-corrected chi connectivity index (χ4v) is 2.17. The van der Waals surface area contributed by atoms with Gasteiger partial charge in [0, 0.05) is 11.4 Å². The van der Waals surface area contributed by atoms with Crippen LogP contribution in [0.5, 0.6) is 5.75 Å². The highest BCUT2D eigenvalue weighted by Gasteiger charge is 2.32. The van der Waals surface area contributed by atoms with Crippen molar-refractivity contribution in [3.8, 4) is 5.75 Å². The number of carbonyl (C=O) groups excluding carboxylic acids is 2. The smallest absolute Gasteiger partial charge is 0.416 e. The third-order valence-electron chi connectivity index (χ3n) is 3.25. The summed E-state index contributed by atoms with van der Waals surface area (Å²) in [5, 5.41) is 0. The zero-order valence-electron chi connectivity index (χ0n) is 13.2. The van der Waals surface area contributed by atoms with Crippen LogP contribution >= 0.6 is 0 Å². The Labute approximate surface area is 141 Å². The molecule has 2 aromatic rings. The highest BCUT2D eigenvalue weighted by Crippen LogP contribution is 2.34. The number of hydrogen-bond donors (Lipinski definition) is 1. The summed E-state index contributed by atoms with van der Waals surface area (Å²) in [5.41, 5.74) is 4.15. The second kappa shape index (κ2) is 7.25. The maximum atomic E-state index is 12.9. The summed E-state index contributed by atoms with van der Waals surface area (Å²) in [6.45, 7) is 2.22. The molecule has 0 saturated heterocycles. The summed E-state index contributed by atoms with van der Waals surface area (Å²) in [6.07, 6.45) is -4.59. The second-order valence-corrected chi connectivity index (χ2v) is 4.98. The molecule has 8 heteroatoms. The van der Waals surface area contributed by atoms with Crippen LogP contribution in [0, 0.1) is 0 Å². The Balaban J connectivity index is 2.50. The lowest BCUT2D eigenvalue weighted by molar-refractivity contribution is -0.137. The Morgan fingerprint density at radius 2 is 1.72 bits per heavy atom. The Morgan fingerprint density at radius 3 is 2.24 bits per heavy atom. The van der Waals surface area contributed by atoms with E-state index in [4.69, 9.17) is 10.5 Å². The van der Waals surface area contributed by atoms with Gasteiger partial charge in [-0.1, -0.05) is 6.07 Å². The number of carbonyl (C=O) groups is 2. The lowest BCUT2D eigenvalue weighted by Gasteiger charge is -2.22. The molecule has 5 nitrogen and oxygen atoms in total. The third kappa shape index (κ3) is 4.28. The van der Waals surface area contributed by atoms with Crippen molar-refractivity contribution in [2.75, 3.05) is 11.5 Å². The molecule has 2 N–H and O–H groups in total. The van der Waals surface area contributed by atoms with Crippen molar-refractivity contribution in [2.24, 2.45) is 5.73 Å². The molecule has 0 spiro atoms. The molecule has 25 heavy (non-hydrogen) atoms. The van der Waals surface area contributed by atoms with Gasteiger partial charge >= 0.3 is 18.0 Å². The molecule has 0 aliphatic heterocycles. The van der Waals surface area contributed by atoms with Gasteiger partial charge in [-0.25, -0.2) is 0 Å². The van der Waals surface area contributed by atoms with E-state index in [0.29, 0.717) is 12.4 Å².